The van der Waals surface area contributed by atoms with Gasteiger partial charge in [-0.2, -0.15) is 0 Å². The number of rotatable bonds is 4. The fraction of sp³-hybridized carbons (Fsp3) is 0.167. The number of hydrogen-bond acceptors (Lipinski definition) is 5. The van der Waals surface area contributed by atoms with Crippen molar-refractivity contribution in [1.29, 1.82) is 0 Å². The number of nitrogens with one attached hydrogen (secondary N) is 2. The van der Waals surface area contributed by atoms with Crippen LogP contribution >= 0.6 is 11.3 Å². The molecule has 7 nitrogen and oxygen atoms in total. The van der Waals surface area contributed by atoms with Gasteiger partial charge in [0.05, 0.1) is 5.69 Å². The van der Waals surface area contributed by atoms with E-state index in [4.69, 9.17) is 4.74 Å². The van der Waals surface area contributed by atoms with Crippen LogP contribution < -0.4 is 15.4 Å². The average molecular weight is 368 g/mol. The Labute approximate surface area is 153 Å². The van der Waals surface area contributed by atoms with Crippen LogP contribution in [0.4, 0.5) is 11.4 Å². The van der Waals surface area contributed by atoms with E-state index < -0.39 is 0 Å². The summed E-state index contributed by atoms with van der Waals surface area (Å²) in [6.45, 7) is 2.00. The van der Waals surface area contributed by atoms with Crippen LogP contribution in [-0.2, 0) is 11.2 Å². The molecule has 132 valence electrons. The zero-order chi connectivity index (χ0) is 18.1. The maximum atomic E-state index is 12.7. The summed E-state index contributed by atoms with van der Waals surface area (Å²) >= 11 is 1.49. The van der Waals surface area contributed by atoms with E-state index >= 15 is 0 Å². The van der Waals surface area contributed by atoms with E-state index in [1.165, 1.54) is 11.3 Å². The first-order chi connectivity index (χ1) is 12.6. The van der Waals surface area contributed by atoms with Gasteiger partial charge in [0.2, 0.25) is 0 Å². The summed E-state index contributed by atoms with van der Waals surface area (Å²) in [5.41, 5.74) is 1.53. The largest absolute Gasteiger partial charge is 0.482 e. The standard InChI is InChI=1S/C18H16N4O3S/c1-2-14-16(21-18(26-14)22-7-3-4-8-22)17(24)19-11-5-6-13-12(9-11)20-15(23)10-25-13/h3-9H,2,10H2,1H3,(H,19,24)(H,20,23). The number of carbonyl (C=O) groups excluding carboxylic acids is 2. The van der Waals surface area contributed by atoms with E-state index in [2.05, 4.69) is 15.6 Å². The van der Waals surface area contributed by atoms with Crippen LogP contribution in [0.15, 0.2) is 42.7 Å². The van der Waals surface area contributed by atoms with Gasteiger partial charge in [0.1, 0.15) is 11.4 Å². The summed E-state index contributed by atoms with van der Waals surface area (Å²) in [5.74, 6) is 0.0880. The Morgan fingerprint density at radius 2 is 2.19 bits per heavy atom. The lowest BCUT2D eigenvalue weighted by molar-refractivity contribution is -0.118. The maximum absolute atomic E-state index is 12.7. The van der Waals surface area contributed by atoms with Crippen molar-refractivity contribution in [3.8, 4) is 10.9 Å². The lowest BCUT2D eigenvalue weighted by Crippen LogP contribution is -2.25. The van der Waals surface area contributed by atoms with Crippen LogP contribution in [0.3, 0.4) is 0 Å². The number of aryl methyl sites for hydroxylation is 1. The molecule has 0 spiro atoms. The van der Waals surface area contributed by atoms with Gasteiger partial charge in [0, 0.05) is 23.0 Å². The van der Waals surface area contributed by atoms with E-state index in [0.717, 1.165) is 16.4 Å². The molecule has 0 unspecified atom stereocenters. The Hall–Kier alpha value is -3.13. The number of anilines is 2. The number of carbonyl (C=O) groups is 2. The first kappa shape index (κ1) is 16.3. The van der Waals surface area contributed by atoms with Gasteiger partial charge in [-0.05, 0) is 36.8 Å². The predicted octanol–water partition coefficient (Wildman–Crippen LogP) is 3.08. The third-order valence-corrected chi connectivity index (χ3v) is 5.13. The maximum Gasteiger partial charge on any atom is 0.275 e. The molecule has 3 heterocycles. The van der Waals surface area contributed by atoms with Gasteiger partial charge >= 0.3 is 0 Å². The van der Waals surface area contributed by atoms with Gasteiger partial charge in [-0.15, -0.1) is 11.3 Å². The summed E-state index contributed by atoms with van der Waals surface area (Å²) in [7, 11) is 0. The number of nitrogens with zero attached hydrogens (tertiary/aromatic N) is 2. The zero-order valence-corrected chi connectivity index (χ0v) is 14.8. The summed E-state index contributed by atoms with van der Waals surface area (Å²) < 4.78 is 7.20. The number of thiazole rings is 1. The number of hydrogen-bond donors (Lipinski definition) is 2. The van der Waals surface area contributed by atoms with Crippen molar-refractivity contribution in [1.82, 2.24) is 9.55 Å². The van der Waals surface area contributed by atoms with E-state index in [1.807, 2.05) is 36.0 Å². The zero-order valence-electron chi connectivity index (χ0n) is 14.0. The van der Waals surface area contributed by atoms with Gasteiger partial charge in [0.15, 0.2) is 11.7 Å². The molecular formula is C18H16N4O3S. The number of fused-ring (bicyclic) bond motifs is 1. The molecule has 1 aromatic carbocycles. The molecule has 1 aliphatic heterocycles. The second kappa shape index (κ2) is 6.64. The lowest BCUT2D eigenvalue weighted by atomic mass is 10.2. The van der Waals surface area contributed by atoms with E-state index in [-0.39, 0.29) is 18.4 Å². The monoisotopic (exact) mass is 368 g/mol. The van der Waals surface area contributed by atoms with Gasteiger partial charge in [-0.1, -0.05) is 6.92 Å². The van der Waals surface area contributed by atoms with Crippen LogP contribution in [0.1, 0.15) is 22.3 Å². The predicted molar refractivity (Wildman–Crippen MR) is 99.3 cm³/mol. The Kier molecular flexibility index (Phi) is 4.18. The van der Waals surface area contributed by atoms with Gasteiger partial charge in [0.25, 0.3) is 11.8 Å². The van der Waals surface area contributed by atoms with Crippen molar-refractivity contribution in [3.05, 3.63) is 53.3 Å². The number of aromatic nitrogens is 2. The Balaban J connectivity index is 1.59. The van der Waals surface area contributed by atoms with Crippen LogP contribution in [0.5, 0.6) is 5.75 Å². The van der Waals surface area contributed by atoms with Crippen LogP contribution in [0.2, 0.25) is 0 Å². The minimum absolute atomic E-state index is 0.000437. The number of amides is 2. The third-order valence-electron chi connectivity index (χ3n) is 3.92. The van der Waals surface area contributed by atoms with Crippen molar-refractivity contribution in [2.75, 3.05) is 17.2 Å². The third kappa shape index (κ3) is 3.06. The van der Waals surface area contributed by atoms with Crippen LogP contribution in [0, 0.1) is 0 Å². The molecule has 0 atom stereocenters. The highest BCUT2D eigenvalue weighted by Crippen LogP contribution is 2.31. The van der Waals surface area contributed by atoms with Crippen molar-refractivity contribution in [2.45, 2.75) is 13.3 Å². The molecule has 0 fully saturated rings. The van der Waals surface area contributed by atoms with E-state index in [9.17, 15) is 9.59 Å². The molecule has 1 aliphatic rings. The number of benzene rings is 1. The molecule has 3 aromatic rings. The van der Waals surface area contributed by atoms with E-state index in [0.29, 0.717) is 22.8 Å². The van der Waals surface area contributed by atoms with Crippen LogP contribution in [0.25, 0.3) is 5.13 Å². The molecule has 8 heteroatoms. The minimum Gasteiger partial charge on any atom is -0.482 e. The fourth-order valence-electron chi connectivity index (χ4n) is 2.68. The average Bonchev–Trinajstić information content (AvgIpc) is 3.30. The van der Waals surface area contributed by atoms with Gasteiger partial charge < -0.3 is 19.9 Å². The molecule has 0 saturated heterocycles. The van der Waals surface area contributed by atoms with Crippen LogP contribution in [-0.4, -0.2) is 28.0 Å². The Bertz CT molecular complexity index is 978. The second-order valence-electron chi connectivity index (χ2n) is 5.71. The summed E-state index contributed by atoms with van der Waals surface area (Å²) in [4.78, 5) is 29.6. The molecular weight excluding hydrogens is 352 g/mol. The second-order valence-corrected chi connectivity index (χ2v) is 6.78. The molecule has 4 rings (SSSR count). The normalized spacial score (nSPS) is 12.9. The highest BCUT2D eigenvalue weighted by Gasteiger charge is 2.20. The van der Waals surface area contributed by atoms with Crippen molar-refractivity contribution in [2.24, 2.45) is 0 Å². The molecule has 2 N–H and O–H groups in total. The SMILES string of the molecule is CCc1sc(-n2cccc2)nc1C(=O)Nc1ccc2c(c1)NC(=O)CO2. The molecule has 0 aliphatic carbocycles. The van der Waals surface area contributed by atoms with Crippen molar-refractivity contribution in [3.63, 3.8) is 0 Å². The highest BCUT2D eigenvalue weighted by molar-refractivity contribution is 7.14. The first-order valence-corrected chi connectivity index (χ1v) is 8.97. The molecule has 2 aromatic heterocycles. The number of ether oxygens (including phenoxy) is 1. The first-order valence-electron chi connectivity index (χ1n) is 8.15. The fourth-order valence-corrected chi connectivity index (χ4v) is 3.64. The Morgan fingerprint density at radius 1 is 1.38 bits per heavy atom. The highest BCUT2D eigenvalue weighted by atomic mass is 32.1. The minimum atomic E-state index is -0.278. The summed E-state index contributed by atoms with van der Waals surface area (Å²) in [6, 6.07) is 8.96. The van der Waals surface area contributed by atoms with Crippen molar-refractivity contribution >= 4 is 34.5 Å². The Morgan fingerprint density at radius 3 is 2.96 bits per heavy atom. The smallest absolute Gasteiger partial charge is 0.275 e. The van der Waals surface area contributed by atoms with Crippen molar-refractivity contribution < 1.29 is 14.3 Å². The molecule has 0 saturated carbocycles. The summed E-state index contributed by atoms with van der Waals surface area (Å²) in [5, 5.41) is 6.32. The van der Waals surface area contributed by atoms with Gasteiger partial charge in [-0.3, -0.25) is 9.59 Å². The summed E-state index contributed by atoms with van der Waals surface area (Å²) in [6.07, 6.45) is 4.51. The molecule has 26 heavy (non-hydrogen) atoms. The molecule has 0 radical (unpaired) electrons. The molecule has 0 bridgehead atoms. The van der Waals surface area contributed by atoms with Gasteiger partial charge in [-0.25, -0.2) is 4.98 Å². The van der Waals surface area contributed by atoms with E-state index in [1.54, 1.807) is 18.2 Å². The molecule has 2 amide bonds. The topological polar surface area (TPSA) is 85.3 Å². The lowest BCUT2D eigenvalue weighted by Gasteiger charge is -2.18. The quantitative estimate of drug-likeness (QED) is 0.741.